The average molecular weight is 745 g/mol. The lowest BCUT2D eigenvalue weighted by atomic mass is 10.2. The summed E-state index contributed by atoms with van der Waals surface area (Å²) in [6, 6.07) is 36.8. The third kappa shape index (κ3) is 8.66. The number of hydrogen-bond acceptors (Lipinski definition) is 8. The van der Waals surface area contributed by atoms with Crippen molar-refractivity contribution in [1.29, 1.82) is 0 Å². The van der Waals surface area contributed by atoms with Crippen molar-refractivity contribution >= 4 is 68.7 Å². The van der Waals surface area contributed by atoms with Gasteiger partial charge in [0.1, 0.15) is 5.75 Å². The number of nitrogens with one attached hydrogen (secondary N) is 1. The topological polar surface area (TPSA) is 87.9 Å². The van der Waals surface area contributed by atoms with Gasteiger partial charge in [0.05, 0.1) is 27.6 Å². The molecule has 2 aliphatic rings. The Morgan fingerprint density at radius 2 is 1.02 bits per heavy atom. The molecule has 0 aliphatic carbocycles. The Balaban J connectivity index is 0.000000219. The van der Waals surface area contributed by atoms with Gasteiger partial charge in [-0.05, 0) is 72.8 Å². The highest BCUT2D eigenvalue weighted by molar-refractivity contribution is 8.00. The van der Waals surface area contributed by atoms with Gasteiger partial charge >= 0.3 is 6.36 Å². The van der Waals surface area contributed by atoms with Crippen molar-refractivity contribution in [3.8, 4) is 5.75 Å². The zero-order valence-corrected chi connectivity index (χ0v) is 29.1. The summed E-state index contributed by atoms with van der Waals surface area (Å²) in [7, 11) is -3.89. The van der Waals surface area contributed by atoms with Crippen LogP contribution in [0.1, 0.15) is 0 Å². The maximum Gasteiger partial charge on any atom is 0.573 e. The molecule has 14 heteroatoms. The van der Waals surface area contributed by atoms with Gasteiger partial charge in [0, 0.05) is 45.8 Å². The molecule has 49 heavy (non-hydrogen) atoms. The molecule has 0 radical (unpaired) electrons. The number of anilines is 4. The number of alkyl halides is 3. The smallest absolute Gasteiger partial charge is 0.406 e. The van der Waals surface area contributed by atoms with Crippen molar-refractivity contribution in [1.82, 2.24) is 4.72 Å². The van der Waals surface area contributed by atoms with Gasteiger partial charge in [0.2, 0.25) is 10.0 Å². The number of fused-ring (bicyclic) bond motifs is 4. The van der Waals surface area contributed by atoms with E-state index in [0.717, 1.165) is 52.0 Å². The fourth-order valence-electron chi connectivity index (χ4n) is 5.37. The Hall–Kier alpha value is -3.85. The molecule has 3 N–H and O–H groups in total. The third-order valence-electron chi connectivity index (χ3n) is 7.41. The summed E-state index contributed by atoms with van der Waals surface area (Å²) in [5.74, 6) is -0.481. The number of benzene rings is 5. The maximum absolute atomic E-state index is 12.6. The summed E-state index contributed by atoms with van der Waals surface area (Å²) >= 11 is 3.48. The number of hydrogen-bond donors (Lipinski definition) is 2. The van der Waals surface area contributed by atoms with E-state index in [4.69, 9.17) is 5.73 Å². The van der Waals surface area contributed by atoms with Crippen LogP contribution in [0.3, 0.4) is 0 Å². The van der Waals surface area contributed by atoms with Crippen LogP contribution in [0, 0.1) is 0 Å². The average Bonchev–Trinajstić information content (AvgIpc) is 3.08. The summed E-state index contributed by atoms with van der Waals surface area (Å²) in [4.78, 5) is 8.97. The minimum Gasteiger partial charge on any atom is -0.406 e. The van der Waals surface area contributed by atoms with Crippen LogP contribution in [0.4, 0.5) is 35.9 Å². The van der Waals surface area contributed by atoms with Gasteiger partial charge in [-0.2, -0.15) is 0 Å². The van der Waals surface area contributed by atoms with E-state index in [1.165, 1.54) is 21.2 Å². The summed E-state index contributed by atoms with van der Waals surface area (Å²) < 4.78 is 68.2. The first-order chi connectivity index (χ1) is 23.1. The number of sulfonamides is 1. The Labute approximate surface area is 298 Å². The van der Waals surface area contributed by atoms with E-state index in [0.29, 0.717) is 13.1 Å². The van der Waals surface area contributed by atoms with Crippen molar-refractivity contribution in [2.24, 2.45) is 5.73 Å². The Morgan fingerprint density at radius 1 is 0.633 bits per heavy atom. The number of ether oxygens (including phenoxy) is 1. The molecule has 7 rings (SSSR count). The molecule has 2 heterocycles. The highest BCUT2D eigenvalue weighted by Crippen LogP contribution is 2.48. The zero-order valence-electron chi connectivity index (χ0n) is 25.8. The van der Waals surface area contributed by atoms with Gasteiger partial charge < -0.3 is 20.3 Å². The molecule has 2 aliphatic heterocycles. The van der Waals surface area contributed by atoms with Crippen molar-refractivity contribution in [3.63, 3.8) is 0 Å². The lowest BCUT2D eigenvalue weighted by molar-refractivity contribution is -0.274. The SMILES string of the molecule is Cl.NCCN1c2ccccc2Sc2ccccc21.O=S(=O)(NCCN1c2ccccc2Sc2ccccc21)c1ccc(OC(F)(F)F)cc1. The van der Waals surface area contributed by atoms with Crippen molar-refractivity contribution in [3.05, 3.63) is 121 Å². The molecule has 5 aromatic carbocycles. The first-order valence-electron chi connectivity index (χ1n) is 15.0. The van der Waals surface area contributed by atoms with Crippen molar-refractivity contribution in [2.45, 2.75) is 30.8 Å². The van der Waals surface area contributed by atoms with Gasteiger partial charge in [0.15, 0.2) is 0 Å². The molecule has 0 saturated carbocycles. The van der Waals surface area contributed by atoms with Crippen LogP contribution in [0.5, 0.6) is 5.75 Å². The summed E-state index contributed by atoms with van der Waals surface area (Å²) in [5, 5.41) is 0. The number of nitrogens with two attached hydrogens (primary N) is 1. The van der Waals surface area contributed by atoms with Crippen LogP contribution in [0.2, 0.25) is 0 Å². The molecule has 256 valence electrons. The van der Waals surface area contributed by atoms with E-state index in [2.05, 4.69) is 62.9 Å². The largest absolute Gasteiger partial charge is 0.573 e. The highest BCUT2D eigenvalue weighted by atomic mass is 35.5. The maximum atomic E-state index is 12.6. The highest BCUT2D eigenvalue weighted by Gasteiger charge is 2.31. The molecule has 0 saturated heterocycles. The van der Waals surface area contributed by atoms with Crippen LogP contribution >= 0.6 is 35.9 Å². The van der Waals surface area contributed by atoms with Crippen molar-refractivity contribution in [2.75, 3.05) is 36.0 Å². The quantitative estimate of drug-likeness (QED) is 0.163. The van der Waals surface area contributed by atoms with Crippen LogP contribution < -0.4 is 25.0 Å². The second kappa shape index (κ2) is 15.8. The normalized spacial score (nSPS) is 13.1. The van der Waals surface area contributed by atoms with Crippen LogP contribution in [0.15, 0.2) is 146 Å². The predicted octanol–water partition coefficient (Wildman–Crippen LogP) is 8.84. The first kappa shape index (κ1) is 36.4. The van der Waals surface area contributed by atoms with Gasteiger partial charge in [-0.15, -0.1) is 25.6 Å². The molecule has 0 spiro atoms. The second-order valence-electron chi connectivity index (χ2n) is 10.6. The summed E-state index contributed by atoms with van der Waals surface area (Å²) in [6.07, 6.45) is -4.84. The Kier molecular flexibility index (Phi) is 11.7. The molecule has 0 aromatic heterocycles. The van der Waals surface area contributed by atoms with E-state index in [9.17, 15) is 21.6 Å². The summed E-state index contributed by atoms with van der Waals surface area (Å²) in [6.45, 7) is 2.00. The molecule has 0 atom stereocenters. The Bertz CT molecular complexity index is 1910. The second-order valence-corrected chi connectivity index (χ2v) is 14.5. The minimum absolute atomic E-state index is 0. The van der Waals surface area contributed by atoms with E-state index >= 15 is 0 Å². The molecular formula is C35H32ClF3N4O3S3. The van der Waals surface area contributed by atoms with Crippen LogP contribution in [-0.2, 0) is 10.0 Å². The predicted molar refractivity (Wildman–Crippen MR) is 193 cm³/mol. The number of nitrogens with zero attached hydrogens (tertiary/aromatic N) is 2. The molecule has 5 aromatic rings. The molecule has 0 fully saturated rings. The number of rotatable bonds is 8. The zero-order chi connectivity index (χ0) is 33.7. The van der Waals surface area contributed by atoms with Crippen LogP contribution in [0.25, 0.3) is 0 Å². The fourth-order valence-corrected chi connectivity index (χ4v) is 8.58. The number of halogens is 4. The third-order valence-corrected chi connectivity index (χ3v) is 11.1. The van der Waals surface area contributed by atoms with Crippen LogP contribution in [-0.4, -0.2) is 41.0 Å². The fraction of sp³-hybridized carbons (Fsp3) is 0.143. The standard InChI is InChI=1S/C21H17F3N2O3S2.C14H14N2S.ClH/c22-21(23,24)29-15-9-11-16(12-10-15)31(27,28)25-13-14-26-17-5-1-3-7-19(17)30-20-8-4-2-6-18(20)26;15-9-10-16-11-5-1-3-7-13(11)17-14-8-4-2-6-12(14)16;/h1-12,25H,13-14H2;1-8H,9-10,15H2;1H. The van der Waals surface area contributed by atoms with Crippen molar-refractivity contribution < 1.29 is 26.3 Å². The molecular weight excluding hydrogens is 713 g/mol. The Morgan fingerprint density at radius 3 is 1.41 bits per heavy atom. The van der Waals surface area contributed by atoms with E-state index in [1.807, 2.05) is 65.2 Å². The van der Waals surface area contributed by atoms with Gasteiger partial charge in [0.25, 0.3) is 0 Å². The lowest BCUT2D eigenvalue weighted by Gasteiger charge is -2.32. The lowest BCUT2D eigenvalue weighted by Crippen LogP contribution is -2.33. The molecule has 0 amide bonds. The molecule has 0 bridgehead atoms. The van der Waals surface area contributed by atoms with E-state index in [-0.39, 0.29) is 23.8 Å². The van der Waals surface area contributed by atoms with Gasteiger partial charge in [-0.3, -0.25) is 0 Å². The monoisotopic (exact) mass is 744 g/mol. The van der Waals surface area contributed by atoms with Gasteiger partial charge in [-0.1, -0.05) is 72.1 Å². The minimum atomic E-state index is -4.84. The first-order valence-corrected chi connectivity index (χ1v) is 18.1. The van der Waals surface area contributed by atoms with E-state index in [1.54, 1.807) is 11.8 Å². The summed E-state index contributed by atoms with van der Waals surface area (Å²) in [5.41, 5.74) is 10.2. The molecule has 0 unspecified atom stereocenters. The number of para-hydroxylation sites is 4. The molecule has 7 nitrogen and oxygen atoms in total. The van der Waals surface area contributed by atoms with Gasteiger partial charge in [-0.25, -0.2) is 13.1 Å². The van der Waals surface area contributed by atoms with E-state index < -0.39 is 22.1 Å².